The fourth-order valence-corrected chi connectivity index (χ4v) is 4.04. The Morgan fingerprint density at radius 2 is 1.90 bits per heavy atom. The second-order valence-electron chi connectivity index (χ2n) is 5.13. The van der Waals surface area contributed by atoms with E-state index in [9.17, 15) is 4.79 Å². The number of carbonyl (C=O) groups excluding carboxylic acids is 1. The summed E-state index contributed by atoms with van der Waals surface area (Å²) in [6.45, 7) is 2.11. The second-order valence-corrected chi connectivity index (χ2v) is 6.77. The van der Waals surface area contributed by atoms with Gasteiger partial charge in [0, 0.05) is 29.1 Å². The standard InChI is InChI=1S/C16H16ClNOS/c1-10-13-4-3-5-14(19)15(13)16(20-10)18(2)12-8-6-11(17)7-9-12/h6-9H,3-5H2,1-2H3. The number of thiophene rings is 1. The summed E-state index contributed by atoms with van der Waals surface area (Å²) in [7, 11) is 2.01. The van der Waals surface area contributed by atoms with Gasteiger partial charge < -0.3 is 4.90 Å². The molecule has 0 bridgehead atoms. The maximum Gasteiger partial charge on any atom is 0.166 e. The average molecular weight is 306 g/mol. The van der Waals surface area contributed by atoms with E-state index in [4.69, 9.17) is 11.6 Å². The van der Waals surface area contributed by atoms with Crippen molar-refractivity contribution in [1.82, 2.24) is 0 Å². The van der Waals surface area contributed by atoms with Crippen molar-refractivity contribution >= 4 is 39.4 Å². The molecule has 3 rings (SSSR count). The van der Waals surface area contributed by atoms with Gasteiger partial charge in [-0.1, -0.05) is 11.6 Å². The number of hydrogen-bond acceptors (Lipinski definition) is 3. The van der Waals surface area contributed by atoms with Gasteiger partial charge in [-0.15, -0.1) is 11.3 Å². The Morgan fingerprint density at radius 3 is 2.60 bits per heavy atom. The molecule has 1 aromatic heterocycles. The van der Waals surface area contributed by atoms with Crippen LogP contribution < -0.4 is 4.90 Å². The highest BCUT2D eigenvalue weighted by molar-refractivity contribution is 7.16. The van der Waals surface area contributed by atoms with E-state index in [1.807, 2.05) is 31.3 Å². The summed E-state index contributed by atoms with van der Waals surface area (Å²) >= 11 is 7.65. The molecule has 4 heteroatoms. The van der Waals surface area contributed by atoms with Crippen LogP contribution in [0.2, 0.25) is 5.02 Å². The number of anilines is 2. The number of aryl methyl sites for hydroxylation is 1. The molecule has 2 aromatic rings. The Labute approximate surface area is 128 Å². The SMILES string of the molecule is Cc1sc(N(C)c2ccc(Cl)cc2)c2c1CCCC2=O. The zero-order chi connectivity index (χ0) is 14.3. The number of fused-ring (bicyclic) bond motifs is 1. The van der Waals surface area contributed by atoms with Crippen molar-refractivity contribution in [3.63, 3.8) is 0 Å². The van der Waals surface area contributed by atoms with Gasteiger partial charge in [-0.2, -0.15) is 0 Å². The lowest BCUT2D eigenvalue weighted by Crippen LogP contribution is -2.15. The molecular formula is C16H16ClNOS. The highest BCUT2D eigenvalue weighted by Gasteiger charge is 2.27. The number of nitrogens with zero attached hydrogens (tertiary/aromatic N) is 1. The van der Waals surface area contributed by atoms with Crippen LogP contribution in [0.4, 0.5) is 10.7 Å². The van der Waals surface area contributed by atoms with Gasteiger partial charge in [0.05, 0.1) is 5.56 Å². The van der Waals surface area contributed by atoms with Gasteiger partial charge in [0.15, 0.2) is 5.78 Å². The molecule has 0 spiro atoms. The van der Waals surface area contributed by atoms with Gasteiger partial charge in [-0.3, -0.25) is 4.79 Å². The van der Waals surface area contributed by atoms with Gasteiger partial charge in [0.1, 0.15) is 5.00 Å². The molecule has 2 nitrogen and oxygen atoms in total. The van der Waals surface area contributed by atoms with Gasteiger partial charge in [-0.25, -0.2) is 0 Å². The van der Waals surface area contributed by atoms with Crippen LogP contribution in [0, 0.1) is 6.92 Å². The van der Waals surface area contributed by atoms with E-state index in [0.717, 1.165) is 34.1 Å². The molecule has 1 heterocycles. The fraction of sp³-hybridized carbons (Fsp3) is 0.312. The summed E-state index contributed by atoms with van der Waals surface area (Å²) in [5, 5.41) is 1.78. The first-order valence-electron chi connectivity index (χ1n) is 6.72. The van der Waals surface area contributed by atoms with Crippen molar-refractivity contribution in [3.8, 4) is 0 Å². The normalized spacial score (nSPS) is 14.2. The van der Waals surface area contributed by atoms with Crippen molar-refractivity contribution < 1.29 is 4.79 Å². The molecule has 0 N–H and O–H groups in total. The van der Waals surface area contributed by atoms with Crippen molar-refractivity contribution in [3.05, 3.63) is 45.3 Å². The monoisotopic (exact) mass is 305 g/mol. The van der Waals surface area contributed by atoms with Crippen molar-refractivity contribution in [1.29, 1.82) is 0 Å². The summed E-state index contributed by atoms with van der Waals surface area (Å²) in [5.41, 5.74) is 3.25. The largest absolute Gasteiger partial charge is 0.336 e. The Hall–Kier alpha value is -1.32. The third kappa shape index (κ3) is 2.25. The van der Waals surface area contributed by atoms with E-state index < -0.39 is 0 Å². The van der Waals surface area contributed by atoms with Crippen LogP contribution in [0.3, 0.4) is 0 Å². The minimum atomic E-state index is 0.284. The first-order valence-corrected chi connectivity index (χ1v) is 7.92. The molecule has 0 radical (unpaired) electrons. The van der Waals surface area contributed by atoms with Crippen molar-refractivity contribution in [2.75, 3.05) is 11.9 Å². The van der Waals surface area contributed by atoms with E-state index in [-0.39, 0.29) is 5.78 Å². The number of benzene rings is 1. The zero-order valence-corrected chi connectivity index (χ0v) is 13.1. The zero-order valence-electron chi connectivity index (χ0n) is 11.6. The van der Waals surface area contributed by atoms with Crippen LogP contribution in [-0.4, -0.2) is 12.8 Å². The van der Waals surface area contributed by atoms with Crippen LogP contribution in [0.15, 0.2) is 24.3 Å². The predicted octanol–water partition coefficient (Wildman–Crippen LogP) is 5.00. The van der Waals surface area contributed by atoms with E-state index >= 15 is 0 Å². The molecule has 0 fully saturated rings. The summed E-state index contributed by atoms with van der Waals surface area (Å²) in [6.07, 6.45) is 2.68. The number of ketones is 1. The van der Waals surface area contributed by atoms with Gasteiger partial charge in [0.2, 0.25) is 0 Å². The number of halogens is 1. The quantitative estimate of drug-likeness (QED) is 0.778. The molecule has 0 unspecified atom stereocenters. The Morgan fingerprint density at radius 1 is 1.20 bits per heavy atom. The van der Waals surface area contributed by atoms with E-state index in [1.165, 1.54) is 10.4 Å². The highest BCUT2D eigenvalue weighted by atomic mass is 35.5. The molecule has 0 atom stereocenters. The summed E-state index contributed by atoms with van der Waals surface area (Å²) < 4.78 is 0. The molecule has 0 saturated carbocycles. The third-order valence-corrected chi connectivity index (χ3v) is 5.29. The summed E-state index contributed by atoms with van der Waals surface area (Å²) in [6, 6.07) is 7.72. The lowest BCUT2D eigenvalue weighted by molar-refractivity contribution is 0.0973. The molecule has 0 aliphatic heterocycles. The maximum absolute atomic E-state index is 12.3. The Kier molecular flexibility index (Phi) is 3.57. The molecule has 1 aliphatic carbocycles. The lowest BCUT2D eigenvalue weighted by atomic mass is 9.92. The molecule has 0 saturated heterocycles. The highest BCUT2D eigenvalue weighted by Crippen LogP contribution is 2.41. The topological polar surface area (TPSA) is 20.3 Å². The number of carbonyl (C=O) groups is 1. The summed E-state index contributed by atoms with van der Waals surface area (Å²) in [5.74, 6) is 0.284. The first-order chi connectivity index (χ1) is 9.58. The Bertz CT molecular complexity index is 660. The lowest BCUT2D eigenvalue weighted by Gasteiger charge is -2.21. The van der Waals surface area contributed by atoms with Crippen LogP contribution in [-0.2, 0) is 6.42 Å². The minimum Gasteiger partial charge on any atom is -0.336 e. The molecule has 104 valence electrons. The van der Waals surface area contributed by atoms with Crippen molar-refractivity contribution in [2.24, 2.45) is 0 Å². The molecule has 20 heavy (non-hydrogen) atoms. The number of rotatable bonds is 2. The number of hydrogen-bond donors (Lipinski definition) is 0. The van der Waals surface area contributed by atoms with Crippen LogP contribution in [0.5, 0.6) is 0 Å². The molecule has 1 aromatic carbocycles. The smallest absolute Gasteiger partial charge is 0.166 e. The molecule has 1 aliphatic rings. The maximum atomic E-state index is 12.3. The second kappa shape index (κ2) is 5.23. The predicted molar refractivity (Wildman–Crippen MR) is 85.8 cm³/mol. The fourth-order valence-electron chi connectivity index (χ4n) is 2.72. The average Bonchev–Trinajstić information content (AvgIpc) is 2.78. The van der Waals surface area contributed by atoms with Crippen LogP contribution in [0.1, 0.15) is 33.6 Å². The van der Waals surface area contributed by atoms with Gasteiger partial charge in [0.25, 0.3) is 0 Å². The van der Waals surface area contributed by atoms with E-state index in [1.54, 1.807) is 11.3 Å². The van der Waals surface area contributed by atoms with E-state index in [2.05, 4.69) is 11.8 Å². The van der Waals surface area contributed by atoms with Gasteiger partial charge >= 0.3 is 0 Å². The number of Topliss-reactive ketones (excluding diaryl/α,β-unsaturated/α-hetero) is 1. The Balaban J connectivity index is 2.06. The minimum absolute atomic E-state index is 0.284. The first kappa shape index (κ1) is 13.7. The molecule has 0 amide bonds. The van der Waals surface area contributed by atoms with Crippen LogP contribution >= 0.6 is 22.9 Å². The third-order valence-electron chi connectivity index (χ3n) is 3.82. The van der Waals surface area contributed by atoms with E-state index in [0.29, 0.717) is 6.42 Å². The van der Waals surface area contributed by atoms with Crippen LogP contribution in [0.25, 0.3) is 0 Å². The van der Waals surface area contributed by atoms with Gasteiger partial charge in [-0.05, 0) is 49.6 Å². The summed E-state index contributed by atoms with van der Waals surface area (Å²) in [4.78, 5) is 15.6. The van der Waals surface area contributed by atoms with Crippen molar-refractivity contribution in [2.45, 2.75) is 26.2 Å². The molecular weight excluding hydrogens is 290 g/mol.